The van der Waals surface area contributed by atoms with E-state index in [4.69, 9.17) is 0 Å². The normalized spacial score (nSPS) is 32.5. The average molecular weight is 169 g/mol. The molecule has 1 saturated heterocycles. The number of hydrogen-bond donors (Lipinski definition) is 0. The molecule has 0 bridgehead atoms. The fraction of sp³-hybridized carbons (Fsp3) is 1.00. The highest BCUT2D eigenvalue weighted by molar-refractivity contribution is 5.01. The molecule has 0 N–H and O–H groups in total. The molecule has 1 aliphatic carbocycles. The van der Waals surface area contributed by atoms with Gasteiger partial charge < -0.3 is 4.90 Å². The minimum absolute atomic E-state index is 0.785. The standard InChI is InChI=1S/C9H17N.C2H6/c1-8-3-6-10(2)7-9(8)4-5-9;1-2/h8H,3-7H2,1-2H3;1-2H3. The highest BCUT2D eigenvalue weighted by Gasteiger charge is 2.49. The van der Waals surface area contributed by atoms with Crippen LogP contribution in [0.3, 0.4) is 0 Å². The van der Waals surface area contributed by atoms with Crippen molar-refractivity contribution in [2.75, 3.05) is 20.1 Å². The van der Waals surface area contributed by atoms with E-state index >= 15 is 0 Å². The van der Waals surface area contributed by atoms with Gasteiger partial charge in [0.05, 0.1) is 0 Å². The van der Waals surface area contributed by atoms with E-state index in [1.165, 1.54) is 32.4 Å². The molecule has 0 aromatic carbocycles. The lowest BCUT2D eigenvalue weighted by Gasteiger charge is -2.35. The summed E-state index contributed by atoms with van der Waals surface area (Å²) in [6.07, 6.45) is 4.42. The molecular formula is C11H23N. The maximum Gasteiger partial charge on any atom is 0.00375 e. The maximum atomic E-state index is 2.49. The molecule has 0 aromatic rings. The predicted molar refractivity (Wildman–Crippen MR) is 54.3 cm³/mol. The second-order valence-electron chi connectivity index (χ2n) is 4.29. The summed E-state index contributed by atoms with van der Waals surface area (Å²) in [6.45, 7) is 9.12. The molecular weight excluding hydrogens is 146 g/mol. The Morgan fingerprint density at radius 2 is 1.83 bits per heavy atom. The van der Waals surface area contributed by atoms with Gasteiger partial charge in [0.15, 0.2) is 0 Å². The van der Waals surface area contributed by atoms with Crippen molar-refractivity contribution in [3.05, 3.63) is 0 Å². The maximum absolute atomic E-state index is 2.49. The van der Waals surface area contributed by atoms with Crippen LogP contribution in [0.15, 0.2) is 0 Å². The van der Waals surface area contributed by atoms with Crippen molar-refractivity contribution in [2.24, 2.45) is 11.3 Å². The molecule has 72 valence electrons. The van der Waals surface area contributed by atoms with E-state index in [2.05, 4.69) is 18.9 Å². The molecule has 1 spiro atoms. The van der Waals surface area contributed by atoms with Gasteiger partial charge in [0.25, 0.3) is 0 Å². The Bertz CT molecular complexity index is 138. The summed E-state index contributed by atoms with van der Waals surface area (Å²) in [7, 11) is 2.26. The molecule has 1 heterocycles. The van der Waals surface area contributed by atoms with Crippen LogP contribution in [0, 0.1) is 11.3 Å². The molecule has 1 aliphatic heterocycles. The van der Waals surface area contributed by atoms with Crippen LogP contribution in [-0.2, 0) is 0 Å². The molecule has 0 aromatic heterocycles. The van der Waals surface area contributed by atoms with E-state index < -0.39 is 0 Å². The van der Waals surface area contributed by atoms with Crippen molar-refractivity contribution >= 4 is 0 Å². The smallest absolute Gasteiger partial charge is 0.00375 e. The van der Waals surface area contributed by atoms with Crippen LogP contribution in [0.5, 0.6) is 0 Å². The van der Waals surface area contributed by atoms with Gasteiger partial charge in [0.2, 0.25) is 0 Å². The zero-order valence-corrected chi connectivity index (χ0v) is 9.06. The number of nitrogens with zero attached hydrogens (tertiary/aromatic N) is 1. The highest BCUT2D eigenvalue weighted by Crippen LogP contribution is 2.55. The van der Waals surface area contributed by atoms with Crippen LogP contribution in [0.25, 0.3) is 0 Å². The van der Waals surface area contributed by atoms with Crippen LogP contribution in [0.1, 0.15) is 40.0 Å². The molecule has 1 unspecified atom stereocenters. The van der Waals surface area contributed by atoms with Crippen LogP contribution in [0.4, 0.5) is 0 Å². The summed E-state index contributed by atoms with van der Waals surface area (Å²) in [6, 6.07) is 0. The lowest BCUT2D eigenvalue weighted by atomic mass is 9.84. The van der Waals surface area contributed by atoms with Crippen molar-refractivity contribution in [2.45, 2.75) is 40.0 Å². The van der Waals surface area contributed by atoms with E-state index in [-0.39, 0.29) is 0 Å². The van der Waals surface area contributed by atoms with E-state index in [1.807, 2.05) is 13.8 Å². The SMILES string of the molecule is CC.CC1CCN(C)CC12CC2. The van der Waals surface area contributed by atoms with Gasteiger partial charge in [-0.1, -0.05) is 20.8 Å². The Hall–Kier alpha value is -0.0400. The first-order valence-electron chi connectivity index (χ1n) is 5.41. The monoisotopic (exact) mass is 169 g/mol. The van der Waals surface area contributed by atoms with Gasteiger partial charge in [0, 0.05) is 6.54 Å². The molecule has 0 amide bonds. The van der Waals surface area contributed by atoms with E-state index in [0.29, 0.717) is 0 Å². The van der Waals surface area contributed by atoms with Gasteiger partial charge in [-0.2, -0.15) is 0 Å². The Balaban J connectivity index is 0.000000336. The van der Waals surface area contributed by atoms with Gasteiger partial charge in [-0.15, -0.1) is 0 Å². The molecule has 2 rings (SSSR count). The third kappa shape index (κ3) is 1.82. The summed E-state index contributed by atoms with van der Waals surface area (Å²) in [4.78, 5) is 2.49. The Labute approximate surface area is 77.1 Å². The predicted octanol–water partition coefficient (Wildman–Crippen LogP) is 2.76. The second-order valence-corrected chi connectivity index (χ2v) is 4.29. The summed E-state index contributed by atoms with van der Waals surface area (Å²) in [5, 5.41) is 0. The largest absolute Gasteiger partial charge is 0.306 e. The average Bonchev–Trinajstić information content (AvgIpc) is 2.83. The number of likely N-dealkylation sites (tertiary alicyclic amines) is 1. The number of rotatable bonds is 0. The van der Waals surface area contributed by atoms with Crippen LogP contribution in [-0.4, -0.2) is 25.0 Å². The first-order chi connectivity index (χ1) is 5.73. The highest BCUT2D eigenvalue weighted by atomic mass is 15.1. The van der Waals surface area contributed by atoms with Gasteiger partial charge in [-0.25, -0.2) is 0 Å². The lowest BCUT2D eigenvalue weighted by Crippen LogP contribution is -2.38. The molecule has 1 saturated carbocycles. The van der Waals surface area contributed by atoms with Gasteiger partial charge in [0.1, 0.15) is 0 Å². The molecule has 1 nitrogen and oxygen atoms in total. The van der Waals surface area contributed by atoms with Gasteiger partial charge in [-0.3, -0.25) is 0 Å². The van der Waals surface area contributed by atoms with E-state index in [0.717, 1.165) is 11.3 Å². The fourth-order valence-corrected chi connectivity index (χ4v) is 2.30. The van der Waals surface area contributed by atoms with Crippen molar-refractivity contribution in [3.8, 4) is 0 Å². The third-order valence-corrected chi connectivity index (χ3v) is 3.47. The van der Waals surface area contributed by atoms with E-state index in [1.54, 1.807) is 0 Å². The summed E-state index contributed by atoms with van der Waals surface area (Å²) in [5.74, 6) is 1.00. The molecule has 12 heavy (non-hydrogen) atoms. The summed E-state index contributed by atoms with van der Waals surface area (Å²) in [5.41, 5.74) is 0.785. The summed E-state index contributed by atoms with van der Waals surface area (Å²) < 4.78 is 0. The Morgan fingerprint density at radius 3 is 2.25 bits per heavy atom. The van der Waals surface area contributed by atoms with Gasteiger partial charge in [-0.05, 0) is 44.2 Å². The van der Waals surface area contributed by atoms with Crippen molar-refractivity contribution < 1.29 is 0 Å². The molecule has 1 atom stereocenters. The lowest BCUT2D eigenvalue weighted by molar-refractivity contribution is 0.136. The Kier molecular flexibility index (Phi) is 3.16. The second kappa shape index (κ2) is 3.78. The van der Waals surface area contributed by atoms with Crippen molar-refractivity contribution in [3.63, 3.8) is 0 Å². The van der Waals surface area contributed by atoms with Crippen molar-refractivity contribution in [1.29, 1.82) is 0 Å². The molecule has 1 heteroatoms. The van der Waals surface area contributed by atoms with Crippen LogP contribution >= 0.6 is 0 Å². The van der Waals surface area contributed by atoms with Crippen LogP contribution < -0.4 is 0 Å². The quantitative estimate of drug-likeness (QED) is 0.539. The zero-order chi connectivity index (χ0) is 9.19. The minimum atomic E-state index is 0.785. The van der Waals surface area contributed by atoms with Crippen molar-refractivity contribution in [1.82, 2.24) is 4.90 Å². The van der Waals surface area contributed by atoms with Crippen LogP contribution in [0.2, 0.25) is 0 Å². The number of piperidine rings is 1. The molecule has 0 radical (unpaired) electrons. The molecule has 2 fully saturated rings. The Morgan fingerprint density at radius 1 is 1.25 bits per heavy atom. The first kappa shape index (κ1) is 10.0. The summed E-state index contributed by atoms with van der Waals surface area (Å²) >= 11 is 0. The van der Waals surface area contributed by atoms with E-state index in [9.17, 15) is 0 Å². The van der Waals surface area contributed by atoms with Gasteiger partial charge >= 0.3 is 0 Å². The first-order valence-corrected chi connectivity index (χ1v) is 5.41. The minimum Gasteiger partial charge on any atom is -0.306 e. The zero-order valence-electron chi connectivity index (χ0n) is 9.06. The molecule has 2 aliphatic rings. The fourth-order valence-electron chi connectivity index (χ4n) is 2.30. The number of hydrogen-bond acceptors (Lipinski definition) is 1. The third-order valence-electron chi connectivity index (χ3n) is 3.47. The topological polar surface area (TPSA) is 3.24 Å².